The van der Waals surface area contributed by atoms with Crippen LogP contribution >= 0.6 is 0 Å². The number of hydrogen-bond donors (Lipinski definition) is 3. The van der Waals surface area contributed by atoms with Crippen LogP contribution in [0.3, 0.4) is 0 Å². The molecule has 3 N–H and O–H groups in total. The zero-order valence-corrected chi connectivity index (χ0v) is 10.7. The largest absolute Gasteiger partial charge is 0.480 e. The van der Waals surface area contributed by atoms with E-state index in [9.17, 15) is 27.6 Å². The normalized spacial score (nSPS) is 10.9. The number of carbonyl (C=O) groups excluding carboxylic acids is 2. The molecule has 0 radical (unpaired) electrons. The van der Waals surface area contributed by atoms with E-state index in [1.165, 1.54) is 19.1 Å². The van der Waals surface area contributed by atoms with Crippen molar-refractivity contribution in [3.63, 3.8) is 0 Å². The van der Waals surface area contributed by atoms with Crippen LogP contribution in [0.1, 0.15) is 15.9 Å². The molecule has 1 rings (SSSR count). The van der Waals surface area contributed by atoms with Gasteiger partial charge in [-0.15, -0.1) is 0 Å². The Bertz CT molecular complexity index is 584. The van der Waals surface area contributed by atoms with Crippen molar-refractivity contribution in [2.75, 3.05) is 11.9 Å². The third-order valence-electron chi connectivity index (χ3n) is 2.26. The highest BCUT2D eigenvalue weighted by atomic mass is 19.4. The summed E-state index contributed by atoms with van der Waals surface area (Å²) in [6.07, 6.45) is -5.05. The van der Waals surface area contributed by atoms with Crippen LogP contribution < -0.4 is 10.6 Å². The van der Waals surface area contributed by atoms with Crippen LogP contribution in [0.2, 0.25) is 0 Å². The summed E-state index contributed by atoms with van der Waals surface area (Å²) in [5.41, 5.74) is 0.155. The summed E-state index contributed by atoms with van der Waals surface area (Å²) in [7, 11) is 0. The van der Waals surface area contributed by atoms with Gasteiger partial charge in [-0.1, -0.05) is 0 Å². The van der Waals surface area contributed by atoms with Crippen molar-refractivity contribution in [2.24, 2.45) is 0 Å². The van der Waals surface area contributed by atoms with E-state index in [1.54, 1.807) is 5.32 Å². The molecule has 0 saturated carbocycles. The summed E-state index contributed by atoms with van der Waals surface area (Å²) in [4.78, 5) is 32.8. The van der Waals surface area contributed by atoms with E-state index < -0.39 is 30.5 Å². The van der Waals surface area contributed by atoms with Gasteiger partial charge in [0.25, 0.3) is 5.91 Å². The predicted molar refractivity (Wildman–Crippen MR) is 65.8 cm³/mol. The van der Waals surface area contributed by atoms with Crippen molar-refractivity contribution in [2.45, 2.75) is 13.1 Å². The van der Waals surface area contributed by atoms with Crippen LogP contribution in [0, 0.1) is 6.92 Å². The monoisotopic (exact) mass is 304 g/mol. The minimum Gasteiger partial charge on any atom is -0.480 e. The second-order valence-electron chi connectivity index (χ2n) is 4.12. The quantitative estimate of drug-likeness (QED) is 0.781. The lowest BCUT2D eigenvalue weighted by atomic mass is 10.1. The Morgan fingerprint density at radius 2 is 1.81 bits per heavy atom. The Morgan fingerprint density at radius 3 is 2.33 bits per heavy atom. The average Bonchev–Trinajstić information content (AvgIpc) is 2.33. The van der Waals surface area contributed by atoms with E-state index in [2.05, 4.69) is 5.32 Å². The van der Waals surface area contributed by atoms with Gasteiger partial charge >= 0.3 is 18.1 Å². The number of rotatable bonds is 4. The fraction of sp³-hybridized carbons (Fsp3) is 0.250. The molecule has 0 heterocycles. The Morgan fingerprint density at radius 1 is 1.19 bits per heavy atom. The number of alkyl halides is 3. The van der Waals surface area contributed by atoms with Crippen molar-refractivity contribution in [3.8, 4) is 0 Å². The Labute approximate surface area is 116 Å². The number of aliphatic carboxylic acids is 1. The van der Waals surface area contributed by atoms with Crippen LogP contribution in [0.15, 0.2) is 18.2 Å². The molecular formula is C12H11F3N2O4. The second-order valence-corrected chi connectivity index (χ2v) is 4.12. The third-order valence-corrected chi connectivity index (χ3v) is 2.26. The van der Waals surface area contributed by atoms with Crippen LogP contribution in [-0.4, -0.2) is 35.6 Å². The summed E-state index contributed by atoms with van der Waals surface area (Å²) >= 11 is 0. The fourth-order valence-corrected chi connectivity index (χ4v) is 1.45. The number of carboxylic acid groups (broad SMARTS) is 1. The number of amides is 2. The highest BCUT2D eigenvalue weighted by molar-refractivity contribution is 5.99. The molecule has 6 nitrogen and oxygen atoms in total. The number of benzene rings is 1. The van der Waals surface area contributed by atoms with E-state index in [-0.39, 0.29) is 11.3 Å². The lowest BCUT2D eigenvalue weighted by Gasteiger charge is -2.10. The molecule has 0 spiro atoms. The molecule has 0 aromatic heterocycles. The summed E-state index contributed by atoms with van der Waals surface area (Å²) in [6.45, 7) is 0.883. The number of aryl methyl sites for hydroxylation is 1. The van der Waals surface area contributed by atoms with E-state index in [4.69, 9.17) is 5.11 Å². The first kappa shape index (κ1) is 16.5. The van der Waals surface area contributed by atoms with Gasteiger partial charge in [0.2, 0.25) is 0 Å². The molecule has 21 heavy (non-hydrogen) atoms. The SMILES string of the molecule is Cc1cc(NC(=O)C(F)(F)F)cc(C(=O)NCC(=O)O)c1. The predicted octanol–water partition coefficient (Wildman–Crippen LogP) is 1.31. The smallest absolute Gasteiger partial charge is 0.471 e. The number of carboxylic acids is 1. The van der Waals surface area contributed by atoms with Gasteiger partial charge in [0.15, 0.2) is 0 Å². The van der Waals surface area contributed by atoms with Gasteiger partial charge in [0.05, 0.1) is 0 Å². The zero-order valence-electron chi connectivity index (χ0n) is 10.7. The van der Waals surface area contributed by atoms with Gasteiger partial charge in [-0.2, -0.15) is 13.2 Å². The number of nitrogens with one attached hydrogen (secondary N) is 2. The van der Waals surface area contributed by atoms with Crippen LogP contribution in [0.5, 0.6) is 0 Å². The van der Waals surface area contributed by atoms with Gasteiger partial charge in [-0.05, 0) is 30.7 Å². The average molecular weight is 304 g/mol. The van der Waals surface area contributed by atoms with Crippen molar-refractivity contribution >= 4 is 23.5 Å². The molecule has 0 aliphatic heterocycles. The van der Waals surface area contributed by atoms with Gasteiger partial charge in [-0.25, -0.2) is 0 Å². The molecule has 1 aromatic rings. The number of hydrogen-bond acceptors (Lipinski definition) is 3. The molecule has 0 atom stereocenters. The molecule has 2 amide bonds. The number of anilines is 1. The lowest BCUT2D eigenvalue weighted by Crippen LogP contribution is -2.31. The van der Waals surface area contributed by atoms with E-state index in [0.29, 0.717) is 5.56 Å². The zero-order chi connectivity index (χ0) is 16.2. The van der Waals surface area contributed by atoms with Crippen molar-refractivity contribution < 1.29 is 32.7 Å². The maximum Gasteiger partial charge on any atom is 0.471 e. The summed E-state index contributed by atoms with van der Waals surface area (Å²) in [5.74, 6) is -4.20. The first-order valence-electron chi connectivity index (χ1n) is 5.59. The molecule has 0 unspecified atom stereocenters. The van der Waals surface area contributed by atoms with E-state index in [1.807, 2.05) is 0 Å². The van der Waals surface area contributed by atoms with Crippen molar-refractivity contribution in [3.05, 3.63) is 29.3 Å². The second kappa shape index (κ2) is 6.25. The number of carbonyl (C=O) groups is 3. The minimum atomic E-state index is -5.05. The summed E-state index contributed by atoms with van der Waals surface area (Å²) < 4.78 is 36.4. The van der Waals surface area contributed by atoms with Gasteiger partial charge < -0.3 is 15.7 Å². The van der Waals surface area contributed by atoms with E-state index in [0.717, 1.165) is 6.07 Å². The van der Waals surface area contributed by atoms with E-state index >= 15 is 0 Å². The van der Waals surface area contributed by atoms with Crippen LogP contribution in [0.4, 0.5) is 18.9 Å². The van der Waals surface area contributed by atoms with Gasteiger partial charge in [0, 0.05) is 11.3 Å². The molecule has 9 heteroatoms. The molecule has 114 valence electrons. The van der Waals surface area contributed by atoms with Crippen LogP contribution in [0.25, 0.3) is 0 Å². The maximum absolute atomic E-state index is 12.1. The summed E-state index contributed by atoms with van der Waals surface area (Å²) in [6, 6.07) is 3.62. The Kier molecular flexibility index (Phi) is 4.90. The van der Waals surface area contributed by atoms with Gasteiger partial charge in [0.1, 0.15) is 6.54 Å². The molecule has 0 bridgehead atoms. The topological polar surface area (TPSA) is 95.5 Å². The standard InChI is InChI=1S/C12H11F3N2O4/c1-6-2-7(10(20)16-5-9(18)19)4-8(3-6)17-11(21)12(13,14)15/h2-4H,5H2,1H3,(H,16,20)(H,17,21)(H,18,19). The number of halogens is 3. The Balaban J connectivity index is 2.92. The molecule has 0 aliphatic carbocycles. The highest BCUT2D eigenvalue weighted by Crippen LogP contribution is 2.20. The molecule has 1 aromatic carbocycles. The lowest BCUT2D eigenvalue weighted by molar-refractivity contribution is -0.167. The van der Waals surface area contributed by atoms with Gasteiger partial charge in [-0.3, -0.25) is 14.4 Å². The highest BCUT2D eigenvalue weighted by Gasteiger charge is 2.38. The fourth-order valence-electron chi connectivity index (χ4n) is 1.45. The molecule has 0 saturated heterocycles. The van der Waals surface area contributed by atoms with Crippen LogP contribution in [-0.2, 0) is 9.59 Å². The maximum atomic E-state index is 12.1. The molecule has 0 fully saturated rings. The molecular weight excluding hydrogens is 293 g/mol. The minimum absolute atomic E-state index is 0.0614. The van der Waals surface area contributed by atoms with Crippen molar-refractivity contribution in [1.29, 1.82) is 0 Å². The molecule has 0 aliphatic rings. The third kappa shape index (κ3) is 5.13. The Hall–Kier alpha value is -2.58. The summed E-state index contributed by atoms with van der Waals surface area (Å²) in [5, 5.41) is 12.1. The first-order chi connectivity index (χ1) is 9.59. The first-order valence-corrected chi connectivity index (χ1v) is 5.59. The van der Waals surface area contributed by atoms with Crippen molar-refractivity contribution in [1.82, 2.24) is 5.32 Å².